The second-order valence-electron chi connectivity index (χ2n) is 11.6. The van der Waals surface area contributed by atoms with E-state index >= 15 is 4.39 Å². The zero-order valence-corrected chi connectivity index (χ0v) is 25.3. The van der Waals surface area contributed by atoms with Crippen LogP contribution in [-0.2, 0) is 25.7 Å². The summed E-state index contributed by atoms with van der Waals surface area (Å²) < 4.78 is 15.3. The van der Waals surface area contributed by atoms with E-state index < -0.39 is 0 Å². The highest BCUT2D eigenvalue weighted by molar-refractivity contribution is 5.85. The first kappa shape index (κ1) is 30.6. The van der Waals surface area contributed by atoms with Crippen molar-refractivity contribution in [3.8, 4) is 11.8 Å². The van der Waals surface area contributed by atoms with Gasteiger partial charge in [-0.25, -0.2) is 4.39 Å². The summed E-state index contributed by atoms with van der Waals surface area (Å²) in [5.74, 6) is 6.00. The third kappa shape index (κ3) is 9.89. The van der Waals surface area contributed by atoms with Crippen LogP contribution >= 0.6 is 0 Å². The standard InChI is InChI=1S/C40H47F/c1-3-5-7-9-11-13-32-15-19-34(20-16-32)23-24-36-26-30-39-38(31-36)29-28-37(40(39)41)27-25-35-21-17-33(18-22-35)14-12-10-8-6-4-2/h15-22,26,28-31H,3-14,23-24H2,1-2H3. The van der Waals surface area contributed by atoms with Crippen LogP contribution in [0.15, 0.2) is 78.9 Å². The molecule has 41 heavy (non-hydrogen) atoms. The van der Waals surface area contributed by atoms with Crippen molar-refractivity contribution in [1.29, 1.82) is 0 Å². The molecule has 0 atom stereocenters. The van der Waals surface area contributed by atoms with Crippen LogP contribution < -0.4 is 0 Å². The minimum Gasteiger partial charge on any atom is -0.205 e. The van der Waals surface area contributed by atoms with E-state index in [-0.39, 0.29) is 5.82 Å². The van der Waals surface area contributed by atoms with Crippen LogP contribution in [0.25, 0.3) is 10.8 Å². The third-order valence-corrected chi connectivity index (χ3v) is 8.18. The molecule has 0 N–H and O–H groups in total. The Balaban J connectivity index is 1.31. The minimum atomic E-state index is -0.226. The van der Waals surface area contributed by atoms with Crippen molar-refractivity contribution in [3.63, 3.8) is 0 Å². The largest absolute Gasteiger partial charge is 0.205 e. The van der Waals surface area contributed by atoms with Crippen molar-refractivity contribution in [2.45, 2.75) is 104 Å². The molecule has 0 fully saturated rings. The fraction of sp³-hybridized carbons (Fsp3) is 0.400. The summed E-state index contributed by atoms with van der Waals surface area (Å²) >= 11 is 0. The fourth-order valence-electron chi connectivity index (χ4n) is 5.51. The molecule has 0 heterocycles. The topological polar surface area (TPSA) is 0 Å². The molecule has 4 aromatic rings. The molecule has 0 amide bonds. The van der Waals surface area contributed by atoms with E-state index in [1.54, 1.807) is 0 Å². The number of hydrogen-bond acceptors (Lipinski definition) is 0. The van der Waals surface area contributed by atoms with Crippen molar-refractivity contribution in [1.82, 2.24) is 0 Å². The Morgan fingerprint density at radius 2 is 1.00 bits per heavy atom. The minimum absolute atomic E-state index is 0.226. The van der Waals surface area contributed by atoms with Gasteiger partial charge >= 0.3 is 0 Å². The number of halogens is 1. The molecule has 0 saturated carbocycles. The highest BCUT2D eigenvalue weighted by atomic mass is 19.1. The maximum absolute atomic E-state index is 15.3. The number of benzene rings is 4. The second kappa shape index (κ2) is 16.8. The van der Waals surface area contributed by atoms with Crippen molar-refractivity contribution in [3.05, 3.63) is 118 Å². The van der Waals surface area contributed by atoms with E-state index in [1.165, 1.54) is 92.9 Å². The van der Waals surface area contributed by atoms with Gasteiger partial charge in [-0.3, -0.25) is 0 Å². The number of rotatable bonds is 15. The molecular formula is C40H47F. The lowest BCUT2D eigenvalue weighted by atomic mass is 9.98. The Bertz CT molecular complexity index is 1400. The maximum atomic E-state index is 15.3. The van der Waals surface area contributed by atoms with Gasteiger partial charge in [-0.2, -0.15) is 0 Å². The van der Waals surface area contributed by atoms with Crippen LogP contribution in [-0.4, -0.2) is 0 Å². The molecule has 0 aromatic heterocycles. The molecule has 0 aliphatic rings. The predicted octanol–water partition coefficient (Wildman–Crippen LogP) is 11.2. The molecule has 0 nitrogen and oxygen atoms in total. The Hall–Kier alpha value is -3.37. The van der Waals surface area contributed by atoms with Gasteiger partial charge in [0.15, 0.2) is 0 Å². The van der Waals surface area contributed by atoms with Gasteiger partial charge in [0.05, 0.1) is 5.56 Å². The maximum Gasteiger partial charge on any atom is 0.146 e. The van der Waals surface area contributed by atoms with Crippen molar-refractivity contribution < 1.29 is 4.39 Å². The lowest BCUT2D eigenvalue weighted by molar-refractivity contribution is 0.632. The van der Waals surface area contributed by atoms with E-state index in [4.69, 9.17) is 0 Å². The number of unbranched alkanes of at least 4 members (excludes halogenated alkanes) is 8. The van der Waals surface area contributed by atoms with Gasteiger partial charge in [-0.15, -0.1) is 0 Å². The summed E-state index contributed by atoms with van der Waals surface area (Å²) in [6.45, 7) is 4.51. The van der Waals surface area contributed by atoms with Gasteiger partial charge < -0.3 is 0 Å². The highest BCUT2D eigenvalue weighted by Gasteiger charge is 2.07. The molecule has 0 saturated heterocycles. The van der Waals surface area contributed by atoms with Gasteiger partial charge in [0.1, 0.15) is 5.82 Å². The lowest BCUT2D eigenvalue weighted by Crippen LogP contribution is -1.94. The van der Waals surface area contributed by atoms with Crippen LogP contribution in [0.1, 0.15) is 111 Å². The van der Waals surface area contributed by atoms with E-state index in [2.05, 4.69) is 86.4 Å². The normalized spacial score (nSPS) is 11.0. The Morgan fingerprint density at radius 1 is 0.488 bits per heavy atom. The zero-order valence-electron chi connectivity index (χ0n) is 25.3. The average Bonchev–Trinajstić information content (AvgIpc) is 3.01. The molecule has 0 radical (unpaired) electrons. The Labute approximate surface area is 248 Å². The van der Waals surface area contributed by atoms with Crippen molar-refractivity contribution in [2.75, 3.05) is 0 Å². The highest BCUT2D eigenvalue weighted by Crippen LogP contribution is 2.23. The molecule has 0 bridgehead atoms. The first-order valence-corrected chi connectivity index (χ1v) is 16.1. The summed E-state index contributed by atoms with van der Waals surface area (Å²) in [6.07, 6.45) is 17.3. The zero-order chi connectivity index (χ0) is 28.7. The van der Waals surface area contributed by atoms with Crippen LogP contribution in [0.5, 0.6) is 0 Å². The quantitative estimate of drug-likeness (QED) is 0.103. The summed E-state index contributed by atoms with van der Waals surface area (Å²) in [4.78, 5) is 0. The van der Waals surface area contributed by atoms with Crippen molar-refractivity contribution >= 4 is 10.8 Å². The summed E-state index contributed by atoms with van der Waals surface area (Å²) in [5.41, 5.74) is 6.77. The van der Waals surface area contributed by atoms with E-state index in [9.17, 15) is 0 Å². The molecule has 214 valence electrons. The number of aryl methyl sites for hydroxylation is 4. The fourth-order valence-corrected chi connectivity index (χ4v) is 5.51. The van der Waals surface area contributed by atoms with E-state index in [0.29, 0.717) is 10.9 Å². The first-order valence-electron chi connectivity index (χ1n) is 16.1. The summed E-state index contributed by atoms with van der Waals surface area (Å²) in [6, 6.07) is 27.5. The SMILES string of the molecule is CCCCCCCc1ccc(C#Cc2ccc3cc(CCc4ccc(CCCCCCC)cc4)ccc3c2F)cc1. The summed E-state index contributed by atoms with van der Waals surface area (Å²) in [5, 5.41) is 1.58. The molecule has 4 aromatic carbocycles. The van der Waals surface area contributed by atoms with Gasteiger partial charge in [0.2, 0.25) is 0 Å². The summed E-state index contributed by atoms with van der Waals surface area (Å²) in [7, 11) is 0. The smallest absolute Gasteiger partial charge is 0.146 e. The van der Waals surface area contributed by atoms with Gasteiger partial charge in [0, 0.05) is 10.9 Å². The molecule has 0 aliphatic carbocycles. The predicted molar refractivity (Wildman–Crippen MR) is 175 cm³/mol. The molecular weight excluding hydrogens is 499 g/mol. The van der Waals surface area contributed by atoms with Crippen LogP contribution in [0, 0.1) is 17.7 Å². The van der Waals surface area contributed by atoms with Gasteiger partial charge in [0.25, 0.3) is 0 Å². The number of hydrogen-bond donors (Lipinski definition) is 0. The third-order valence-electron chi connectivity index (χ3n) is 8.18. The van der Waals surface area contributed by atoms with E-state index in [0.717, 1.165) is 30.2 Å². The Morgan fingerprint density at radius 3 is 1.61 bits per heavy atom. The van der Waals surface area contributed by atoms with Gasteiger partial charge in [-0.1, -0.05) is 138 Å². The van der Waals surface area contributed by atoms with E-state index in [1.807, 2.05) is 18.2 Å². The van der Waals surface area contributed by atoms with Crippen LogP contribution in [0.3, 0.4) is 0 Å². The van der Waals surface area contributed by atoms with Crippen LogP contribution in [0.2, 0.25) is 0 Å². The van der Waals surface area contributed by atoms with Crippen LogP contribution in [0.4, 0.5) is 4.39 Å². The Kier molecular flexibility index (Phi) is 12.5. The number of fused-ring (bicyclic) bond motifs is 1. The monoisotopic (exact) mass is 546 g/mol. The molecule has 0 spiro atoms. The van der Waals surface area contributed by atoms with Gasteiger partial charge in [-0.05, 0) is 84.4 Å². The first-order chi connectivity index (χ1) is 20.2. The lowest BCUT2D eigenvalue weighted by Gasteiger charge is -2.07. The second-order valence-corrected chi connectivity index (χ2v) is 11.6. The molecule has 4 rings (SSSR count). The molecule has 0 aliphatic heterocycles. The van der Waals surface area contributed by atoms with Crippen molar-refractivity contribution in [2.24, 2.45) is 0 Å². The molecule has 0 unspecified atom stereocenters. The molecule has 1 heteroatoms. The average molecular weight is 547 g/mol.